The molecule has 0 amide bonds. The van der Waals surface area contributed by atoms with Crippen LogP contribution in [-0.2, 0) is 13.1 Å². The summed E-state index contributed by atoms with van der Waals surface area (Å²) in [6.45, 7) is 0.444. The first kappa shape index (κ1) is 12.7. The van der Waals surface area contributed by atoms with Gasteiger partial charge in [-0.1, -0.05) is 29.8 Å². The maximum absolute atomic E-state index is 12.6. The molecule has 0 aliphatic carbocycles. The summed E-state index contributed by atoms with van der Waals surface area (Å²) in [7, 11) is 0. The Balaban J connectivity index is 1.90. The molecule has 0 aliphatic heterocycles. The first-order valence-corrected chi connectivity index (χ1v) is 5.73. The lowest BCUT2D eigenvalue weighted by molar-refractivity contribution is 0.0666. The number of nitrogens with one attached hydrogen (secondary N) is 1. The Morgan fingerprint density at radius 1 is 1.33 bits per heavy atom. The van der Waals surface area contributed by atoms with Gasteiger partial charge in [0.2, 0.25) is 0 Å². The van der Waals surface area contributed by atoms with Crippen LogP contribution in [0.15, 0.2) is 36.7 Å². The number of halogens is 2. The highest BCUT2D eigenvalue weighted by molar-refractivity contribution is 5.21. The van der Waals surface area contributed by atoms with Crippen LogP contribution in [0.1, 0.15) is 23.5 Å². The summed E-state index contributed by atoms with van der Waals surface area (Å²) < 4.78 is 26.0. The largest absolute Gasteiger partial charge is 0.319 e. The summed E-state index contributed by atoms with van der Waals surface area (Å²) in [5.41, 5.74) is 2.31. The minimum absolute atomic E-state index is 0.325. The normalized spacial score (nSPS) is 11.1. The lowest BCUT2D eigenvalue weighted by Crippen LogP contribution is -2.17. The molecule has 2 rings (SSSR count). The molecular formula is C13H15F2N3. The molecule has 0 aliphatic rings. The minimum atomic E-state index is -2.54. The van der Waals surface area contributed by atoms with Gasteiger partial charge < -0.3 is 5.32 Å². The monoisotopic (exact) mass is 251 g/mol. The van der Waals surface area contributed by atoms with E-state index in [0.29, 0.717) is 18.9 Å². The van der Waals surface area contributed by atoms with Crippen molar-refractivity contribution in [2.45, 2.75) is 26.6 Å². The number of aromatic nitrogens is 2. The Kier molecular flexibility index (Phi) is 4.04. The van der Waals surface area contributed by atoms with Gasteiger partial charge in [-0.3, -0.25) is 4.57 Å². The Labute approximate surface area is 104 Å². The first-order valence-electron chi connectivity index (χ1n) is 5.73. The van der Waals surface area contributed by atoms with Crippen molar-refractivity contribution in [3.05, 3.63) is 53.6 Å². The number of rotatable bonds is 5. The van der Waals surface area contributed by atoms with Crippen molar-refractivity contribution < 1.29 is 8.78 Å². The van der Waals surface area contributed by atoms with Gasteiger partial charge in [-0.25, -0.2) is 4.98 Å². The number of aryl methyl sites for hydroxylation is 1. The molecule has 2 aromatic rings. The second-order valence-corrected chi connectivity index (χ2v) is 4.12. The number of alkyl halides is 2. The third-order valence-electron chi connectivity index (χ3n) is 2.65. The van der Waals surface area contributed by atoms with E-state index in [-0.39, 0.29) is 0 Å². The van der Waals surface area contributed by atoms with Crippen molar-refractivity contribution in [1.29, 1.82) is 0 Å². The van der Waals surface area contributed by atoms with E-state index in [1.54, 1.807) is 0 Å². The van der Waals surface area contributed by atoms with E-state index in [9.17, 15) is 8.78 Å². The number of nitrogens with zero attached hydrogens (tertiary/aromatic N) is 2. The number of imidazole rings is 1. The quantitative estimate of drug-likeness (QED) is 0.885. The standard InChI is InChI=1S/C13H15F2N3/c1-10-3-2-4-11(7-10)8-16-9-12-17-5-6-18(12)13(14)15/h2-7,13,16H,8-9H2,1H3. The van der Waals surface area contributed by atoms with Crippen LogP contribution in [0.5, 0.6) is 0 Å². The fraction of sp³-hybridized carbons (Fsp3) is 0.308. The van der Waals surface area contributed by atoms with Crippen LogP contribution in [0.4, 0.5) is 8.78 Å². The third-order valence-corrected chi connectivity index (χ3v) is 2.65. The van der Waals surface area contributed by atoms with Crippen molar-refractivity contribution in [2.75, 3.05) is 0 Å². The zero-order valence-electron chi connectivity index (χ0n) is 10.1. The molecule has 0 spiro atoms. The average Bonchev–Trinajstić information content (AvgIpc) is 2.77. The van der Waals surface area contributed by atoms with Gasteiger partial charge in [0, 0.05) is 18.9 Å². The van der Waals surface area contributed by atoms with Gasteiger partial charge in [0.15, 0.2) is 0 Å². The molecule has 0 saturated heterocycles. The molecule has 0 bridgehead atoms. The van der Waals surface area contributed by atoms with E-state index in [4.69, 9.17) is 0 Å². The van der Waals surface area contributed by atoms with E-state index in [0.717, 1.165) is 10.1 Å². The van der Waals surface area contributed by atoms with Gasteiger partial charge in [-0.2, -0.15) is 8.78 Å². The molecule has 0 saturated carbocycles. The highest BCUT2D eigenvalue weighted by atomic mass is 19.3. The van der Waals surface area contributed by atoms with Gasteiger partial charge >= 0.3 is 6.55 Å². The molecule has 0 fully saturated rings. The molecule has 1 N–H and O–H groups in total. The molecule has 1 aromatic heterocycles. The molecule has 1 heterocycles. The average molecular weight is 251 g/mol. The minimum Gasteiger partial charge on any atom is -0.306 e. The molecule has 3 nitrogen and oxygen atoms in total. The van der Waals surface area contributed by atoms with Crippen molar-refractivity contribution in [3.63, 3.8) is 0 Å². The highest BCUT2D eigenvalue weighted by Crippen LogP contribution is 2.12. The Bertz CT molecular complexity index is 508. The molecule has 1 aromatic carbocycles. The Morgan fingerprint density at radius 3 is 2.89 bits per heavy atom. The zero-order valence-corrected chi connectivity index (χ0v) is 10.1. The van der Waals surface area contributed by atoms with Gasteiger partial charge in [-0.05, 0) is 12.5 Å². The van der Waals surface area contributed by atoms with Crippen molar-refractivity contribution >= 4 is 0 Å². The third kappa shape index (κ3) is 3.13. The maximum atomic E-state index is 12.6. The second-order valence-electron chi connectivity index (χ2n) is 4.12. The van der Waals surface area contributed by atoms with Crippen LogP contribution < -0.4 is 5.32 Å². The van der Waals surface area contributed by atoms with E-state index in [2.05, 4.69) is 16.4 Å². The Hall–Kier alpha value is -1.75. The zero-order chi connectivity index (χ0) is 13.0. The van der Waals surface area contributed by atoms with Crippen LogP contribution in [0.25, 0.3) is 0 Å². The SMILES string of the molecule is Cc1cccc(CNCc2nccn2C(F)F)c1. The smallest absolute Gasteiger partial charge is 0.306 e. The molecule has 5 heteroatoms. The van der Waals surface area contributed by atoms with Crippen molar-refractivity contribution in [1.82, 2.24) is 14.9 Å². The van der Waals surface area contributed by atoms with E-state index in [1.165, 1.54) is 18.0 Å². The number of benzene rings is 1. The van der Waals surface area contributed by atoms with E-state index < -0.39 is 6.55 Å². The molecule has 0 radical (unpaired) electrons. The van der Waals surface area contributed by atoms with Crippen LogP contribution in [0.3, 0.4) is 0 Å². The summed E-state index contributed by atoms with van der Waals surface area (Å²) in [5, 5.41) is 3.11. The predicted octanol–water partition coefficient (Wildman–Crippen LogP) is 2.88. The van der Waals surface area contributed by atoms with Gasteiger partial charge in [0.05, 0.1) is 6.54 Å². The predicted molar refractivity (Wildman–Crippen MR) is 65.2 cm³/mol. The van der Waals surface area contributed by atoms with Crippen LogP contribution in [-0.4, -0.2) is 9.55 Å². The maximum Gasteiger partial charge on any atom is 0.319 e. The van der Waals surface area contributed by atoms with Gasteiger partial charge in [-0.15, -0.1) is 0 Å². The van der Waals surface area contributed by atoms with Gasteiger partial charge in [0.1, 0.15) is 5.82 Å². The highest BCUT2D eigenvalue weighted by Gasteiger charge is 2.10. The molecule has 0 unspecified atom stereocenters. The second kappa shape index (κ2) is 5.73. The fourth-order valence-electron chi connectivity index (χ4n) is 1.80. The molecule has 96 valence electrons. The summed E-state index contributed by atoms with van der Waals surface area (Å²) in [5.74, 6) is 0.345. The molecular weight excluding hydrogens is 236 g/mol. The van der Waals surface area contributed by atoms with Crippen LogP contribution in [0, 0.1) is 6.92 Å². The summed E-state index contributed by atoms with van der Waals surface area (Å²) in [6, 6.07) is 8.06. The number of hydrogen-bond donors (Lipinski definition) is 1. The lowest BCUT2D eigenvalue weighted by Gasteiger charge is -2.08. The molecule has 18 heavy (non-hydrogen) atoms. The Morgan fingerprint density at radius 2 is 2.17 bits per heavy atom. The summed E-state index contributed by atoms with van der Waals surface area (Å²) >= 11 is 0. The van der Waals surface area contributed by atoms with Crippen LogP contribution >= 0.6 is 0 Å². The van der Waals surface area contributed by atoms with Gasteiger partial charge in [0.25, 0.3) is 0 Å². The fourth-order valence-corrected chi connectivity index (χ4v) is 1.80. The molecule has 0 atom stereocenters. The van der Waals surface area contributed by atoms with E-state index >= 15 is 0 Å². The van der Waals surface area contributed by atoms with Crippen molar-refractivity contribution in [3.8, 4) is 0 Å². The lowest BCUT2D eigenvalue weighted by atomic mass is 10.1. The van der Waals surface area contributed by atoms with E-state index in [1.807, 2.05) is 25.1 Å². The summed E-state index contributed by atoms with van der Waals surface area (Å²) in [6.07, 6.45) is 2.67. The number of hydrogen-bond acceptors (Lipinski definition) is 2. The topological polar surface area (TPSA) is 29.9 Å². The first-order chi connectivity index (χ1) is 8.66. The van der Waals surface area contributed by atoms with Crippen LogP contribution in [0.2, 0.25) is 0 Å². The summed E-state index contributed by atoms with van der Waals surface area (Å²) in [4.78, 5) is 3.91. The van der Waals surface area contributed by atoms with Crippen molar-refractivity contribution in [2.24, 2.45) is 0 Å².